The molecule has 3 heterocycles. The molecule has 1 fully saturated rings. The van der Waals surface area contributed by atoms with E-state index in [0.29, 0.717) is 0 Å². The first-order chi connectivity index (χ1) is 17.4. The summed E-state index contributed by atoms with van der Waals surface area (Å²) in [4.78, 5) is 32.9. The van der Waals surface area contributed by atoms with E-state index in [1.54, 1.807) is 48.5 Å². The molecule has 2 aromatic carbocycles. The molecule has 4 aromatic rings. The number of halogens is 3. The largest absolute Gasteiger partial charge is 0.459 e. The fraction of sp³-hybridized carbons (Fsp3) is 0.200. The van der Waals surface area contributed by atoms with Crippen molar-refractivity contribution < 1.29 is 32.6 Å². The first kappa shape index (κ1) is 23.8. The number of ether oxygens (including phenoxy) is 3. The van der Waals surface area contributed by atoms with Crippen molar-refractivity contribution >= 4 is 34.6 Å². The van der Waals surface area contributed by atoms with Crippen LogP contribution in [0.3, 0.4) is 0 Å². The Morgan fingerprint density at radius 1 is 1.00 bits per heavy atom. The van der Waals surface area contributed by atoms with Crippen LogP contribution in [0.5, 0.6) is 0 Å². The van der Waals surface area contributed by atoms with Gasteiger partial charge in [0.25, 0.3) is 0 Å². The minimum atomic E-state index is -1.96. The smallest absolute Gasteiger partial charge is 0.338 e. The maximum atomic E-state index is 15.8. The van der Waals surface area contributed by atoms with E-state index in [-0.39, 0.29) is 27.3 Å². The summed E-state index contributed by atoms with van der Waals surface area (Å²) in [6.45, 7) is -0.422. The molecule has 0 amide bonds. The highest BCUT2D eigenvalue weighted by Crippen LogP contribution is 2.38. The third kappa shape index (κ3) is 4.52. The Morgan fingerprint density at radius 3 is 2.31 bits per heavy atom. The lowest BCUT2D eigenvalue weighted by Gasteiger charge is -2.19. The van der Waals surface area contributed by atoms with Gasteiger partial charge in [-0.15, -0.1) is 0 Å². The first-order valence-corrected chi connectivity index (χ1v) is 11.3. The summed E-state index contributed by atoms with van der Waals surface area (Å²) in [5.41, 5.74) is 0.479. The van der Waals surface area contributed by atoms with Crippen LogP contribution in [0.4, 0.5) is 8.78 Å². The Balaban J connectivity index is 1.43. The lowest BCUT2D eigenvalue weighted by Crippen LogP contribution is -2.37. The van der Waals surface area contributed by atoms with Crippen LogP contribution in [-0.2, 0) is 14.2 Å². The Labute approximate surface area is 208 Å². The van der Waals surface area contributed by atoms with Gasteiger partial charge in [-0.05, 0) is 24.3 Å². The number of esters is 2. The minimum Gasteiger partial charge on any atom is -0.459 e. The van der Waals surface area contributed by atoms with Gasteiger partial charge in [0.15, 0.2) is 24.3 Å². The molecule has 0 saturated carbocycles. The van der Waals surface area contributed by atoms with E-state index < -0.39 is 49.0 Å². The van der Waals surface area contributed by atoms with E-state index >= 15 is 4.39 Å². The van der Waals surface area contributed by atoms with Crippen molar-refractivity contribution in [2.45, 2.75) is 24.6 Å². The zero-order valence-electron chi connectivity index (χ0n) is 18.5. The molecule has 1 aliphatic rings. The summed E-state index contributed by atoms with van der Waals surface area (Å²) in [6, 6.07) is 16.2. The van der Waals surface area contributed by atoms with E-state index in [9.17, 15) is 14.0 Å². The van der Waals surface area contributed by atoms with Gasteiger partial charge in [-0.2, -0.15) is 0 Å². The average molecular weight is 514 g/mol. The molecule has 11 heteroatoms. The van der Waals surface area contributed by atoms with Crippen molar-refractivity contribution in [1.82, 2.24) is 14.5 Å². The number of alkyl halides is 1. The first-order valence-electron chi connectivity index (χ1n) is 10.9. The number of fused-ring (bicyclic) bond motifs is 1. The lowest BCUT2D eigenvalue weighted by atomic mass is 10.1. The van der Waals surface area contributed by atoms with Crippen LogP contribution in [0.15, 0.2) is 73.2 Å². The van der Waals surface area contributed by atoms with Crippen LogP contribution in [0.25, 0.3) is 11.0 Å². The minimum absolute atomic E-state index is 0.00443. The maximum absolute atomic E-state index is 15.8. The molecular weight excluding hydrogens is 496 g/mol. The molecule has 0 bridgehead atoms. The number of nitrogens with zero attached hydrogens (tertiary/aromatic N) is 3. The van der Waals surface area contributed by atoms with E-state index in [0.717, 1.165) is 17.1 Å². The highest BCUT2D eigenvalue weighted by Gasteiger charge is 2.50. The molecular formula is C25H18ClF2N3O5. The normalized spacial score (nSPS) is 21.4. The Kier molecular flexibility index (Phi) is 6.62. The van der Waals surface area contributed by atoms with Crippen LogP contribution < -0.4 is 0 Å². The second kappa shape index (κ2) is 10.00. The van der Waals surface area contributed by atoms with Gasteiger partial charge in [0, 0.05) is 6.20 Å². The Bertz CT molecular complexity index is 1400. The molecule has 0 aliphatic carbocycles. The zero-order valence-corrected chi connectivity index (χ0v) is 19.2. The van der Waals surface area contributed by atoms with Crippen LogP contribution >= 0.6 is 11.6 Å². The van der Waals surface area contributed by atoms with Crippen molar-refractivity contribution in [3.05, 3.63) is 95.3 Å². The molecule has 2 aromatic heterocycles. The number of hydrogen-bond donors (Lipinski definition) is 0. The van der Waals surface area contributed by atoms with Crippen LogP contribution in [-0.4, -0.2) is 51.5 Å². The Hall–Kier alpha value is -3.89. The summed E-state index contributed by atoms with van der Waals surface area (Å²) in [5, 5.41) is -0.253. The summed E-state index contributed by atoms with van der Waals surface area (Å²) < 4.78 is 48.1. The number of carbonyl (C=O) groups is 2. The van der Waals surface area contributed by atoms with Gasteiger partial charge in [-0.25, -0.2) is 28.3 Å². The van der Waals surface area contributed by atoms with Gasteiger partial charge in [0.05, 0.1) is 16.5 Å². The third-order valence-corrected chi connectivity index (χ3v) is 5.99. The van der Waals surface area contributed by atoms with Crippen LogP contribution in [0.1, 0.15) is 26.9 Å². The molecule has 184 valence electrons. The van der Waals surface area contributed by atoms with Crippen molar-refractivity contribution in [3.8, 4) is 0 Å². The average Bonchev–Trinajstić information content (AvgIpc) is 3.40. The number of benzene rings is 2. The van der Waals surface area contributed by atoms with Crippen molar-refractivity contribution in [1.29, 1.82) is 0 Å². The van der Waals surface area contributed by atoms with Gasteiger partial charge in [0.2, 0.25) is 0 Å². The van der Waals surface area contributed by atoms with Gasteiger partial charge >= 0.3 is 11.9 Å². The SMILES string of the molecule is O=C(OC[C@H]1O[C@@H](n2cc(F)c3c(Cl)ncnc32)[C@@H](F)[C@@H]1OC(=O)c1ccccc1)c1ccccc1. The molecule has 36 heavy (non-hydrogen) atoms. The van der Waals surface area contributed by atoms with E-state index in [1.807, 2.05) is 0 Å². The van der Waals surface area contributed by atoms with Crippen LogP contribution in [0.2, 0.25) is 5.15 Å². The molecule has 0 N–H and O–H groups in total. The maximum Gasteiger partial charge on any atom is 0.338 e. The fourth-order valence-electron chi connectivity index (χ4n) is 3.97. The molecule has 1 aliphatic heterocycles. The molecule has 0 spiro atoms. The Morgan fingerprint density at radius 2 is 1.64 bits per heavy atom. The van der Waals surface area contributed by atoms with Gasteiger partial charge in [-0.3, -0.25) is 4.57 Å². The number of hydrogen-bond acceptors (Lipinski definition) is 7. The predicted molar refractivity (Wildman–Crippen MR) is 124 cm³/mol. The van der Waals surface area contributed by atoms with Crippen LogP contribution in [0, 0.1) is 5.82 Å². The monoisotopic (exact) mass is 513 g/mol. The van der Waals surface area contributed by atoms with Gasteiger partial charge in [-0.1, -0.05) is 48.0 Å². The highest BCUT2D eigenvalue weighted by atomic mass is 35.5. The van der Waals surface area contributed by atoms with Crippen molar-refractivity contribution in [2.75, 3.05) is 6.61 Å². The van der Waals surface area contributed by atoms with Crippen molar-refractivity contribution in [3.63, 3.8) is 0 Å². The summed E-state index contributed by atoms with van der Waals surface area (Å²) in [6.07, 6.45) is -3.97. The van der Waals surface area contributed by atoms with E-state index in [1.165, 1.54) is 12.1 Å². The summed E-state index contributed by atoms with van der Waals surface area (Å²) in [7, 11) is 0. The molecule has 0 unspecified atom stereocenters. The zero-order chi connectivity index (χ0) is 25.2. The second-order valence-corrected chi connectivity index (χ2v) is 8.32. The number of carbonyl (C=O) groups excluding carboxylic acids is 2. The molecule has 0 radical (unpaired) electrons. The molecule has 4 atom stereocenters. The quantitative estimate of drug-likeness (QED) is 0.276. The summed E-state index contributed by atoms with van der Waals surface area (Å²) in [5.74, 6) is -2.23. The van der Waals surface area contributed by atoms with Gasteiger partial charge < -0.3 is 14.2 Å². The number of aromatic nitrogens is 3. The molecule has 8 nitrogen and oxygen atoms in total. The predicted octanol–water partition coefficient (Wildman–Crippen LogP) is 4.54. The lowest BCUT2D eigenvalue weighted by molar-refractivity contribution is -0.0569. The third-order valence-electron chi connectivity index (χ3n) is 5.70. The summed E-state index contributed by atoms with van der Waals surface area (Å²) >= 11 is 5.99. The van der Waals surface area contributed by atoms with E-state index in [4.69, 9.17) is 25.8 Å². The van der Waals surface area contributed by atoms with E-state index in [2.05, 4.69) is 9.97 Å². The standard InChI is InChI=1S/C25H18ClF2N3O5/c26-21-18-16(27)11-31(22(18)30-13-29-21)23-19(28)20(36-25(33)15-9-5-2-6-10-15)17(35-23)12-34-24(32)14-7-3-1-4-8-14/h1-11,13,17,19-20,23H,12H2/t17-,19+,20-,23-/m1/s1. The molecule has 5 rings (SSSR count). The topological polar surface area (TPSA) is 92.5 Å². The number of rotatable bonds is 6. The van der Waals surface area contributed by atoms with Crippen molar-refractivity contribution in [2.24, 2.45) is 0 Å². The highest BCUT2D eigenvalue weighted by molar-refractivity contribution is 6.34. The van der Waals surface area contributed by atoms with Gasteiger partial charge in [0.1, 0.15) is 29.8 Å². The second-order valence-electron chi connectivity index (χ2n) is 7.96. The fourth-order valence-corrected chi connectivity index (χ4v) is 4.19. The molecule has 1 saturated heterocycles.